The third-order valence-electron chi connectivity index (χ3n) is 2.49. The summed E-state index contributed by atoms with van der Waals surface area (Å²) < 4.78 is 16.0. The molecule has 104 valence electrons. The fourth-order valence-electron chi connectivity index (χ4n) is 1.55. The number of rotatable bonds is 5. The number of nitrogen functional groups attached to an aromatic ring is 1. The van der Waals surface area contributed by atoms with Gasteiger partial charge in [-0.1, -0.05) is 6.07 Å². The van der Waals surface area contributed by atoms with Gasteiger partial charge in [0, 0.05) is 6.20 Å². The monoisotopic (exact) mass is 274 g/mol. The normalized spacial score (nSPS) is 9.90. The third-order valence-corrected chi connectivity index (χ3v) is 2.49. The summed E-state index contributed by atoms with van der Waals surface area (Å²) in [7, 11) is 3.04. The maximum Gasteiger partial charge on any atom is 0.322 e. The van der Waals surface area contributed by atoms with Crippen molar-refractivity contribution >= 4 is 5.84 Å². The van der Waals surface area contributed by atoms with E-state index in [-0.39, 0.29) is 17.5 Å². The van der Waals surface area contributed by atoms with Gasteiger partial charge in [0.2, 0.25) is 5.75 Å². The number of aromatic nitrogens is 2. The number of nitrogens with one attached hydrogen (secondary N) is 1. The van der Waals surface area contributed by atoms with E-state index in [9.17, 15) is 0 Å². The minimum atomic E-state index is -0.163. The highest BCUT2D eigenvalue weighted by Gasteiger charge is 2.14. The maximum absolute atomic E-state index is 7.35. The van der Waals surface area contributed by atoms with Crippen molar-refractivity contribution in [1.29, 1.82) is 5.41 Å². The van der Waals surface area contributed by atoms with Crippen LogP contribution >= 0.6 is 0 Å². The van der Waals surface area contributed by atoms with Crippen molar-refractivity contribution in [2.24, 2.45) is 5.73 Å². The fourth-order valence-corrected chi connectivity index (χ4v) is 1.55. The van der Waals surface area contributed by atoms with Crippen LogP contribution in [0.4, 0.5) is 0 Å². The summed E-state index contributed by atoms with van der Waals surface area (Å²) in [6.07, 6.45) is 1.46. The summed E-state index contributed by atoms with van der Waals surface area (Å²) in [5, 5.41) is 7.35. The Morgan fingerprint density at radius 3 is 2.35 bits per heavy atom. The molecule has 7 nitrogen and oxygen atoms in total. The van der Waals surface area contributed by atoms with Crippen LogP contribution in [0.5, 0.6) is 23.3 Å². The molecular weight excluding hydrogens is 260 g/mol. The molecule has 0 aliphatic heterocycles. The molecule has 0 spiro atoms. The molecule has 0 aliphatic rings. The van der Waals surface area contributed by atoms with Crippen LogP contribution in [0.15, 0.2) is 30.5 Å². The van der Waals surface area contributed by atoms with Crippen molar-refractivity contribution in [3.63, 3.8) is 0 Å². The molecule has 0 saturated carbocycles. The molecule has 0 unspecified atom stereocenters. The van der Waals surface area contributed by atoms with E-state index in [2.05, 4.69) is 9.97 Å². The van der Waals surface area contributed by atoms with Gasteiger partial charge in [-0.25, -0.2) is 4.98 Å². The minimum absolute atomic E-state index is 0.0560. The number of ether oxygens (including phenoxy) is 3. The Bertz CT molecular complexity index is 609. The Morgan fingerprint density at radius 1 is 1.15 bits per heavy atom. The molecule has 0 bridgehead atoms. The fraction of sp³-hybridized carbons (Fsp3) is 0.154. The summed E-state index contributed by atoms with van der Waals surface area (Å²) in [4.78, 5) is 8.00. The van der Waals surface area contributed by atoms with E-state index in [1.807, 2.05) is 0 Å². The van der Waals surface area contributed by atoms with Gasteiger partial charge in [0.05, 0.1) is 14.2 Å². The number of hydrogen-bond acceptors (Lipinski definition) is 6. The molecule has 0 aliphatic carbocycles. The second-order valence-electron chi connectivity index (χ2n) is 3.73. The van der Waals surface area contributed by atoms with E-state index in [1.54, 1.807) is 18.2 Å². The van der Waals surface area contributed by atoms with Crippen LogP contribution in [-0.2, 0) is 0 Å². The van der Waals surface area contributed by atoms with Crippen molar-refractivity contribution in [3.8, 4) is 23.3 Å². The first kappa shape index (κ1) is 13.6. The number of nitrogens with two attached hydrogens (primary N) is 1. The van der Waals surface area contributed by atoms with Gasteiger partial charge >= 0.3 is 6.01 Å². The van der Waals surface area contributed by atoms with Gasteiger partial charge in [-0.05, 0) is 18.2 Å². The Balaban J connectivity index is 2.39. The van der Waals surface area contributed by atoms with Crippen molar-refractivity contribution < 1.29 is 14.2 Å². The van der Waals surface area contributed by atoms with E-state index in [1.165, 1.54) is 26.5 Å². The largest absolute Gasteiger partial charge is 0.493 e. The smallest absolute Gasteiger partial charge is 0.322 e. The Kier molecular flexibility index (Phi) is 3.99. The molecule has 0 fully saturated rings. The SMILES string of the molecule is COc1cccc(OC)c1Oc1nccc(C(=N)N)n1. The molecule has 1 aromatic carbocycles. The van der Waals surface area contributed by atoms with Crippen molar-refractivity contribution in [2.45, 2.75) is 0 Å². The molecule has 0 amide bonds. The topological polar surface area (TPSA) is 103 Å². The lowest BCUT2D eigenvalue weighted by Gasteiger charge is -2.12. The zero-order valence-electron chi connectivity index (χ0n) is 11.1. The van der Waals surface area contributed by atoms with Gasteiger partial charge in [-0.3, -0.25) is 5.41 Å². The Morgan fingerprint density at radius 2 is 1.80 bits per heavy atom. The highest BCUT2D eigenvalue weighted by atomic mass is 16.5. The van der Waals surface area contributed by atoms with Gasteiger partial charge in [0.1, 0.15) is 11.5 Å². The molecule has 1 heterocycles. The lowest BCUT2D eigenvalue weighted by molar-refractivity contribution is 0.336. The first-order chi connectivity index (χ1) is 9.65. The van der Waals surface area contributed by atoms with Crippen molar-refractivity contribution in [3.05, 3.63) is 36.2 Å². The molecule has 3 N–H and O–H groups in total. The quantitative estimate of drug-likeness (QED) is 0.633. The summed E-state index contributed by atoms with van der Waals surface area (Å²) in [6, 6.07) is 6.81. The summed E-state index contributed by atoms with van der Waals surface area (Å²) >= 11 is 0. The van der Waals surface area contributed by atoms with Crippen molar-refractivity contribution in [2.75, 3.05) is 14.2 Å². The Labute approximate surface area is 115 Å². The highest BCUT2D eigenvalue weighted by molar-refractivity contribution is 5.92. The lowest BCUT2D eigenvalue weighted by Crippen LogP contribution is -2.13. The van der Waals surface area contributed by atoms with E-state index >= 15 is 0 Å². The first-order valence-corrected chi connectivity index (χ1v) is 5.72. The number of amidine groups is 1. The standard InChI is InChI=1S/C13H14N4O3/c1-18-9-4-3-5-10(19-2)11(9)20-13-16-7-6-8(17-13)12(14)15/h3-7H,1-2H3,(H3,14,15). The zero-order valence-corrected chi connectivity index (χ0v) is 11.1. The zero-order chi connectivity index (χ0) is 14.5. The van der Waals surface area contributed by atoms with Gasteiger partial charge in [0.15, 0.2) is 11.5 Å². The molecule has 7 heteroatoms. The third kappa shape index (κ3) is 2.77. The van der Waals surface area contributed by atoms with Crippen LogP contribution in [0.1, 0.15) is 5.69 Å². The molecule has 0 atom stereocenters. The minimum Gasteiger partial charge on any atom is -0.493 e. The maximum atomic E-state index is 7.35. The second kappa shape index (κ2) is 5.87. The van der Waals surface area contributed by atoms with Crippen LogP contribution in [-0.4, -0.2) is 30.0 Å². The van der Waals surface area contributed by atoms with Gasteiger partial charge in [-0.2, -0.15) is 4.98 Å². The summed E-state index contributed by atoms with van der Waals surface area (Å²) in [5.41, 5.74) is 5.66. The van der Waals surface area contributed by atoms with Gasteiger partial charge in [0.25, 0.3) is 0 Å². The van der Waals surface area contributed by atoms with E-state index in [0.29, 0.717) is 17.2 Å². The molecule has 1 aromatic heterocycles. The summed E-state index contributed by atoms with van der Waals surface area (Å²) in [6.45, 7) is 0. The molecule has 0 radical (unpaired) electrons. The number of benzene rings is 1. The van der Waals surface area contributed by atoms with E-state index in [4.69, 9.17) is 25.4 Å². The molecular formula is C13H14N4O3. The van der Waals surface area contributed by atoms with E-state index in [0.717, 1.165) is 0 Å². The van der Waals surface area contributed by atoms with E-state index < -0.39 is 0 Å². The first-order valence-electron chi connectivity index (χ1n) is 5.72. The lowest BCUT2D eigenvalue weighted by atomic mass is 10.3. The van der Waals surface area contributed by atoms with Crippen LogP contribution in [0.2, 0.25) is 0 Å². The summed E-state index contributed by atoms with van der Waals surface area (Å²) in [5.74, 6) is 1.17. The van der Waals surface area contributed by atoms with Crippen LogP contribution < -0.4 is 19.9 Å². The van der Waals surface area contributed by atoms with Crippen LogP contribution in [0.25, 0.3) is 0 Å². The van der Waals surface area contributed by atoms with Crippen molar-refractivity contribution in [1.82, 2.24) is 9.97 Å². The number of hydrogen-bond donors (Lipinski definition) is 2. The predicted molar refractivity (Wildman–Crippen MR) is 72.7 cm³/mol. The van der Waals surface area contributed by atoms with Crippen LogP contribution in [0, 0.1) is 5.41 Å². The molecule has 2 aromatic rings. The number of nitrogens with zero attached hydrogens (tertiary/aromatic N) is 2. The molecule has 2 rings (SSSR count). The van der Waals surface area contributed by atoms with Gasteiger partial charge < -0.3 is 19.9 Å². The van der Waals surface area contributed by atoms with Gasteiger partial charge in [-0.15, -0.1) is 0 Å². The average Bonchev–Trinajstić information content (AvgIpc) is 2.47. The Hall–Kier alpha value is -2.83. The second-order valence-corrected chi connectivity index (χ2v) is 3.73. The molecule has 20 heavy (non-hydrogen) atoms. The number of para-hydroxylation sites is 1. The number of methoxy groups -OCH3 is 2. The highest BCUT2D eigenvalue weighted by Crippen LogP contribution is 2.38. The predicted octanol–water partition coefficient (Wildman–Crippen LogP) is 1.57. The molecule has 0 saturated heterocycles. The average molecular weight is 274 g/mol. The van der Waals surface area contributed by atoms with Crippen LogP contribution in [0.3, 0.4) is 0 Å².